The van der Waals surface area contributed by atoms with Crippen molar-refractivity contribution in [1.82, 2.24) is 4.90 Å². The number of phenols is 1. The van der Waals surface area contributed by atoms with Gasteiger partial charge in [0.05, 0.1) is 42.0 Å². The molecule has 0 bridgehead atoms. The van der Waals surface area contributed by atoms with Crippen molar-refractivity contribution in [3.8, 4) is 11.5 Å². The Labute approximate surface area is 292 Å². The normalized spacial score (nSPS) is 27.6. The van der Waals surface area contributed by atoms with Gasteiger partial charge in [0, 0.05) is 15.8 Å². The fraction of sp³-hybridized carbons (Fsp3) is 0.282. The number of likely N-dealkylation sites (tertiary alicyclic amines) is 1. The van der Waals surface area contributed by atoms with Crippen molar-refractivity contribution in [3.05, 3.63) is 123 Å². The van der Waals surface area contributed by atoms with Gasteiger partial charge in [0.1, 0.15) is 0 Å². The molecule has 6 atom stereocenters. The van der Waals surface area contributed by atoms with Crippen LogP contribution in [0.1, 0.15) is 41.7 Å². The van der Waals surface area contributed by atoms with Gasteiger partial charge in [-0.3, -0.25) is 24.1 Å². The minimum atomic E-state index is -1.40. The zero-order chi connectivity index (χ0) is 34.0. The molecule has 1 saturated carbocycles. The summed E-state index contributed by atoms with van der Waals surface area (Å²) < 4.78 is 5.82. The minimum Gasteiger partial charge on any atom is -0.504 e. The van der Waals surface area contributed by atoms with Crippen molar-refractivity contribution in [2.45, 2.75) is 37.6 Å². The molecule has 2 aliphatic heterocycles. The predicted molar refractivity (Wildman–Crippen MR) is 185 cm³/mol. The van der Waals surface area contributed by atoms with Crippen molar-refractivity contribution >= 4 is 52.3 Å². The van der Waals surface area contributed by atoms with Crippen molar-refractivity contribution in [2.24, 2.45) is 23.7 Å². The zero-order valence-corrected chi connectivity index (χ0v) is 28.2. The molecule has 49 heavy (non-hydrogen) atoms. The van der Waals surface area contributed by atoms with Crippen LogP contribution in [0.15, 0.2) is 102 Å². The van der Waals surface area contributed by atoms with Gasteiger partial charge in [0.25, 0.3) is 0 Å². The lowest BCUT2D eigenvalue weighted by Gasteiger charge is -2.50. The molecule has 1 aromatic heterocycles. The number of ether oxygens (including phenoxy) is 1. The number of nitrogens with zero attached hydrogens (tertiary/aromatic N) is 2. The molecule has 248 valence electrons. The van der Waals surface area contributed by atoms with Gasteiger partial charge in [-0.05, 0) is 78.6 Å². The maximum Gasteiger partial charge on any atom is 0.246 e. The number of halogens is 1. The summed E-state index contributed by atoms with van der Waals surface area (Å²) in [5.74, 6) is -4.28. The third-order valence-electron chi connectivity index (χ3n) is 10.8. The predicted octanol–water partition coefficient (Wildman–Crippen LogP) is 6.87. The molecule has 0 radical (unpaired) electrons. The minimum absolute atomic E-state index is 0.0453. The summed E-state index contributed by atoms with van der Waals surface area (Å²) in [7, 11) is 0. The summed E-state index contributed by atoms with van der Waals surface area (Å²) in [4.78, 5) is 61.9. The summed E-state index contributed by atoms with van der Waals surface area (Å²) in [6.07, 6.45) is 2.58. The van der Waals surface area contributed by atoms with Crippen molar-refractivity contribution in [2.75, 3.05) is 11.5 Å². The van der Waals surface area contributed by atoms with Crippen molar-refractivity contribution in [3.63, 3.8) is 0 Å². The van der Waals surface area contributed by atoms with E-state index in [1.54, 1.807) is 42.5 Å². The molecule has 4 amide bonds. The number of thiophene rings is 1. The molecule has 4 aliphatic rings. The van der Waals surface area contributed by atoms with Gasteiger partial charge in [-0.25, -0.2) is 4.90 Å². The molecule has 8 rings (SSSR count). The Bertz CT molecular complexity index is 2030. The van der Waals surface area contributed by atoms with Crippen LogP contribution in [-0.4, -0.2) is 40.2 Å². The molecule has 3 heterocycles. The van der Waals surface area contributed by atoms with E-state index in [-0.39, 0.29) is 48.1 Å². The Morgan fingerprint density at radius 3 is 2.47 bits per heavy atom. The van der Waals surface area contributed by atoms with Gasteiger partial charge >= 0.3 is 0 Å². The van der Waals surface area contributed by atoms with Crippen LogP contribution in [0.3, 0.4) is 0 Å². The molecule has 0 spiro atoms. The van der Waals surface area contributed by atoms with E-state index in [2.05, 4.69) is 0 Å². The standard InChI is InChI=1S/C39H33ClN2O6S/c1-2-48-32-18-22(13-16-31(32)43)34-27-14-15-28-33(37(46)41(35(28)44)21-26-12-7-17-49-26)29(27)20-30-36(45)42(25-11-6-10-24(40)19-25)38(47)39(30,34)23-8-4-3-5-9-23/h3-14,16-19,28-30,33-34,43H,2,15,20-21H2,1H3. The Hall–Kier alpha value is -4.73. The van der Waals surface area contributed by atoms with E-state index in [0.29, 0.717) is 34.9 Å². The third-order valence-corrected chi connectivity index (χ3v) is 11.9. The highest BCUT2D eigenvalue weighted by atomic mass is 35.5. The Balaban J connectivity index is 1.35. The first-order valence-electron chi connectivity index (χ1n) is 16.5. The molecule has 6 unspecified atom stereocenters. The zero-order valence-electron chi connectivity index (χ0n) is 26.6. The molecule has 10 heteroatoms. The Kier molecular flexibility index (Phi) is 7.72. The monoisotopic (exact) mass is 692 g/mol. The van der Waals surface area contributed by atoms with Gasteiger partial charge in [0.2, 0.25) is 23.6 Å². The first kappa shape index (κ1) is 31.5. The molecular weight excluding hydrogens is 660 g/mol. The molecule has 3 fully saturated rings. The van der Waals surface area contributed by atoms with Crippen LogP contribution in [0.5, 0.6) is 11.5 Å². The van der Waals surface area contributed by atoms with E-state index < -0.39 is 35.0 Å². The van der Waals surface area contributed by atoms with E-state index in [1.807, 2.05) is 60.8 Å². The van der Waals surface area contributed by atoms with Crippen LogP contribution < -0.4 is 9.64 Å². The SMILES string of the molecule is CCOc1cc(C2C3=CCC4C(=O)N(Cc5cccs5)C(=O)C4C3CC3C(=O)N(c4cccc(Cl)c4)C(=O)C32c2ccccc2)ccc1O. The second kappa shape index (κ2) is 12.0. The molecule has 4 aromatic rings. The van der Waals surface area contributed by atoms with Gasteiger partial charge in [-0.2, -0.15) is 0 Å². The molecule has 2 aliphatic carbocycles. The second-order valence-corrected chi connectivity index (χ2v) is 14.6. The molecule has 1 N–H and O–H groups in total. The number of benzene rings is 3. The number of aromatic hydroxyl groups is 1. The van der Waals surface area contributed by atoms with Crippen LogP contribution in [0.25, 0.3) is 0 Å². The summed E-state index contributed by atoms with van der Waals surface area (Å²) in [6.45, 7) is 2.33. The maximum absolute atomic E-state index is 15.3. The first-order valence-corrected chi connectivity index (χ1v) is 17.7. The number of imide groups is 2. The average Bonchev–Trinajstić information content (AvgIpc) is 3.77. The van der Waals surface area contributed by atoms with Gasteiger partial charge < -0.3 is 9.84 Å². The first-order chi connectivity index (χ1) is 23.7. The van der Waals surface area contributed by atoms with Crippen molar-refractivity contribution in [1.29, 1.82) is 0 Å². The highest BCUT2D eigenvalue weighted by Crippen LogP contribution is 2.64. The number of fused-ring (bicyclic) bond motifs is 4. The van der Waals surface area contributed by atoms with E-state index >= 15 is 4.79 Å². The molecule has 8 nitrogen and oxygen atoms in total. The maximum atomic E-state index is 15.3. The number of phenolic OH excluding ortho intramolecular Hbond substituents is 1. The highest BCUT2D eigenvalue weighted by molar-refractivity contribution is 7.09. The lowest BCUT2D eigenvalue weighted by atomic mass is 9.49. The molecular formula is C39H33ClN2O6S. The average molecular weight is 693 g/mol. The van der Waals surface area contributed by atoms with Crippen LogP contribution in [0.4, 0.5) is 5.69 Å². The Morgan fingerprint density at radius 1 is 0.918 bits per heavy atom. The highest BCUT2D eigenvalue weighted by Gasteiger charge is 2.70. The number of amides is 4. The van der Waals surface area contributed by atoms with Crippen LogP contribution >= 0.6 is 22.9 Å². The summed E-state index contributed by atoms with van der Waals surface area (Å²) in [6, 6.07) is 24.9. The largest absolute Gasteiger partial charge is 0.504 e. The van der Waals surface area contributed by atoms with Crippen molar-refractivity contribution < 1.29 is 29.0 Å². The summed E-state index contributed by atoms with van der Waals surface area (Å²) >= 11 is 7.89. The number of anilines is 1. The number of hydrogen-bond donors (Lipinski definition) is 1. The van der Waals surface area contributed by atoms with Crippen LogP contribution in [-0.2, 0) is 31.1 Å². The second-order valence-electron chi connectivity index (χ2n) is 13.1. The van der Waals surface area contributed by atoms with E-state index in [0.717, 1.165) is 10.5 Å². The van der Waals surface area contributed by atoms with Crippen LogP contribution in [0, 0.1) is 23.7 Å². The fourth-order valence-corrected chi connectivity index (χ4v) is 9.76. The lowest BCUT2D eigenvalue weighted by Crippen LogP contribution is -2.53. The number of hydrogen-bond acceptors (Lipinski definition) is 7. The number of rotatable bonds is 7. The van der Waals surface area contributed by atoms with E-state index in [1.165, 1.54) is 21.1 Å². The lowest BCUT2D eigenvalue weighted by molar-refractivity contribution is -0.141. The fourth-order valence-electron chi connectivity index (χ4n) is 8.88. The summed E-state index contributed by atoms with van der Waals surface area (Å²) in [5.41, 5.74) is 1.16. The quantitative estimate of drug-likeness (QED) is 0.168. The third kappa shape index (κ3) is 4.70. The summed E-state index contributed by atoms with van der Waals surface area (Å²) in [5, 5.41) is 13.0. The number of allylic oxidation sites excluding steroid dienone is 2. The Morgan fingerprint density at radius 2 is 1.73 bits per heavy atom. The topological polar surface area (TPSA) is 104 Å². The van der Waals surface area contributed by atoms with E-state index in [4.69, 9.17) is 16.3 Å². The number of carbonyl (C=O) groups excluding carboxylic acids is 4. The van der Waals surface area contributed by atoms with Crippen LogP contribution in [0.2, 0.25) is 5.02 Å². The molecule has 3 aromatic carbocycles. The van der Waals surface area contributed by atoms with E-state index in [9.17, 15) is 19.5 Å². The molecule has 2 saturated heterocycles. The number of carbonyl (C=O) groups is 4. The smallest absolute Gasteiger partial charge is 0.246 e. The van der Waals surface area contributed by atoms with Gasteiger partial charge in [0.15, 0.2) is 11.5 Å². The van der Waals surface area contributed by atoms with Gasteiger partial charge in [-0.1, -0.05) is 71.8 Å². The van der Waals surface area contributed by atoms with Gasteiger partial charge in [-0.15, -0.1) is 11.3 Å².